The minimum atomic E-state index is -0.857. The number of dihydropyridines is 1. The third kappa shape index (κ3) is 5.62. The van der Waals surface area contributed by atoms with Crippen LogP contribution in [0.25, 0.3) is 0 Å². The summed E-state index contributed by atoms with van der Waals surface area (Å²) in [7, 11) is 0. The fraction of sp³-hybridized carbons (Fsp3) is 0.379. The summed E-state index contributed by atoms with van der Waals surface area (Å²) in [6.45, 7) is 6.50. The molecule has 0 radical (unpaired) electrons. The maximum Gasteiger partial charge on any atom is 0.314 e. The number of aliphatic carboxylic acids is 1. The Morgan fingerprint density at radius 2 is 1.82 bits per heavy atom. The molecule has 2 heterocycles. The lowest BCUT2D eigenvalue weighted by Crippen LogP contribution is -2.47. The fourth-order valence-electron chi connectivity index (χ4n) is 5.65. The van der Waals surface area contributed by atoms with E-state index in [1.807, 2.05) is 50.3 Å². The molecule has 2 aromatic carbocycles. The lowest BCUT2D eigenvalue weighted by atomic mass is 9.73. The molecule has 1 unspecified atom stereocenters. The van der Waals surface area contributed by atoms with Gasteiger partial charge in [-0.05, 0) is 63.9 Å². The van der Waals surface area contributed by atoms with E-state index in [9.17, 15) is 24.8 Å². The van der Waals surface area contributed by atoms with Crippen molar-refractivity contribution in [2.24, 2.45) is 0 Å². The average molecular weight is 519 g/mol. The topological polar surface area (TPSA) is 116 Å². The van der Waals surface area contributed by atoms with Gasteiger partial charge in [-0.15, -0.1) is 0 Å². The summed E-state index contributed by atoms with van der Waals surface area (Å²) in [5.41, 5.74) is 3.55. The van der Waals surface area contributed by atoms with E-state index < -0.39 is 16.3 Å². The van der Waals surface area contributed by atoms with Gasteiger partial charge in [0.05, 0.1) is 16.0 Å². The predicted octanol–water partition coefficient (Wildman–Crippen LogP) is 4.38. The number of carboxylic acid groups (broad SMARTS) is 1. The number of hydrogen-bond acceptors (Lipinski definition) is 6. The number of benzene rings is 2. The smallest absolute Gasteiger partial charge is 0.314 e. The number of carbonyl (C=O) groups excluding carboxylic acids is 1. The highest BCUT2D eigenvalue weighted by atomic mass is 16.6. The number of amides is 1. The zero-order valence-corrected chi connectivity index (χ0v) is 21.8. The Morgan fingerprint density at radius 3 is 2.39 bits per heavy atom. The molecule has 4 rings (SSSR count). The number of likely N-dealkylation sites (tertiary alicyclic amines) is 1. The van der Waals surface area contributed by atoms with Crippen LogP contribution in [0.2, 0.25) is 0 Å². The van der Waals surface area contributed by atoms with Crippen molar-refractivity contribution < 1.29 is 19.6 Å². The van der Waals surface area contributed by atoms with Crippen LogP contribution in [0.5, 0.6) is 0 Å². The van der Waals surface area contributed by atoms with Crippen LogP contribution in [-0.2, 0) is 15.0 Å². The van der Waals surface area contributed by atoms with Gasteiger partial charge < -0.3 is 20.2 Å². The van der Waals surface area contributed by atoms with E-state index in [4.69, 9.17) is 0 Å². The van der Waals surface area contributed by atoms with E-state index in [0.717, 1.165) is 47.6 Å². The third-order valence-electron chi connectivity index (χ3n) is 7.70. The lowest BCUT2D eigenvalue weighted by Gasteiger charge is -2.39. The second kappa shape index (κ2) is 11.6. The Morgan fingerprint density at radius 1 is 1.16 bits per heavy atom. The van der Waals surface area contributed by atoms with Crippen LogP contribution in [0.1, 0.15) is 50.2 Å². The highest BCUT2D eigenvalue weighted by Gasteiger charge is 2.42. The van der Waals surface area contributed by atoms with Crippen molar-refractivity contribution in [1.29, 1.82) is 0 Å². The number of rotatable bonds is 10. The van der Waals surface area contributed by atoms with E-state index in [2.05, 4.69) is 10.2 Å². The van der Waals surface area contributed by atoms with E-state index in [0.29, 0.717) is 32.5 Å². The van der Waals surface area contributed by atoms with E-state index >= 15 is 0 Å². The van der Waals surface area contributed by atoms with Crippen molar-refractivity contribution in [3.05, 3.63) is 99.0 Å². The number of hydrogen-bond donors (Lipinski definition) is 2. The number of piperidine rings is 1. The zero-order valence-electron chi connectivity index (χ0n) is 21.8. The van der Waals surface area contributed by atoms with Crippen LogP contribution in [0.4, 0.5) is 5.69 Å². The first-order valence-corrected chi connectivity index (χ1v) is 12.9. The quantitative estimate of drug-likeness (QED) is 0.272. The highest BCUT2D eigenvalue weighted by Crippen LogP contribution is 2.37. The molecule has 2 aliphatic rings. The minimum absolute atomic E-state index is 0.0265. The molecule has 1 atom stereocenters. The third-order valence-corrected chi connectivity index (χ3v) is 7.70. The van der Waals surface area contributed by atoms with E-state index in [1.165, 1.54) is 12.1 Å². The maximum atomic E-state index is 12.2. The predicted molar refractivity (Wildman–Crippen MR) is 144 cm³/mol. The molecule has 2 aromatic rings. The zero-order chi connectivity index (χ0) is 27.3. The van der Waals surface area contributed by atoms with Gasteiger partial charge in [-0.2, -0.15) is 0 Å². The second-order valence-electron chi connectivity index (χ2n) is 10.1. The normalized spacial score (nSPS) is 19.3. The number of carbonyl (C=O) groups is 2. The van der Waals surface area contributed by atoms with E-state index in [1.54, 1.807) is 17.0 Å². The van der Waals surface area contributed by atoms with Gasteiger partial charge in [0, 0.05) is 36.0 Å². The number of carboxylic acids is 1. The Hall–Kier alpha value is -3.98. The molecule has 200 valence electrons. The monoisotopic (exact) mass is 518 g/mol. The number of nitro groups is 1. The van der Waals surface area contributed by atoms with Crippen molar-refractivity contribution >= 4 is 18.1 Å². The summed E-state index contributed by atoms with van der Waals surface area (Å²) in [4.78, 5) is 39.1. The van der Waals surface area contributed by atoms with Gasteiger partial charge in [-0.1, -0.05) is 48.5 Å². The molecule has 0 aliphatic carbocycles. The van der Waals surface area contributed by atoms with Crippen molar-refractivity contribution in [3.63, 3.8) is 0 Å². The van der Waals surface area contributed by atoms with Crippen LogP contribution in [-0.4, -0.2) is 58.4 Å². The molecule has 2 N–H and O–H groups in total. The molecule has 9 nitrogen and oxygen atoms in total. The summed E-state index contributed by atoms with van der Waals surface area (Å²) >= 11 is 0. The number of allylic oxidation sites excluding steroid dienone is 3. The van der Waals surface area contributed by atoms with Gasteiger partial charge >= 0.3 is 5.97 Å². The summed E-state index contributed by atoms with van der Waals surface area (Å²) in [5.74, 6) is -0.984. The van der Waals surface area contributed by atoms with Crippen LogP contribution in [0.3, 0.4) is 0 Å². The number of non-ortho nitro benzene ring substituents is 1. The number of nitrogens with zero attached hydrogens (tertiary/aromatic N) is 3. The molecule has 38 heavy (non-hydrogen) atoms. The van der Waals surface area contributed by atoms with Crippen molar-refractivity contribution in [3.8, 4) is 0 Å². The molecule has 1 fully saturated rings. The van der Waals surface area contributed by atoms with E-state index in [-0.39, 0.29) is 11.6 Å². The van der Waals surface area contributed by atoms with Gasteiger partial charge in [-0.25, -0.2) is 0 Å². The van der Waals surface area contributed by atoms with Gasteiger partial charge in [0.15, 0.2) is 0 Å². The SMILES string of the molecule is CC1=CC(c2ccc([N+](=O)[O-])cc2)C(N(C=O)CCCN2CCC(C(=O)O)(c3ccccc3)CC2)=C(C)N1. The van der Waals surface area contributed by atoms with Gasteiger partial charge in [0.1, 0.15) is 0 Å². The summed E-state index contributed by atoms with van der Waals surface area (Å²) < 4.78 is 0. The average Bonchev–Trinajstić information content (AvgIpc) is 2.92. The molecule has 0 saturated carbocycles. The first kappa shape index (κ1) is 27.1. The molecule has 1 saturated heterocycles. The molecule has 0 aromatic heterocycles. The summed E-state index contributed by atoms with van der Waals surface area (Å²) in [5, 5.41) is 24.4. The molecule has 9 heteroatoms. The van der Waals surface area contributed by atoms with Crippen LogP contribution < -0.4 is 5.32 Å². The van der Waals surface area contributed by atoms with Crippen molar-refractivity contribution in [2.75, 3.05) is 26.2 Å². The summed E-state index contributed by atoms with van der Waals surface area (Å²) in [6.07, 6.45) is 4.69. The Kier molecular flexibility index (Phi) is 8.26. The highest BCUT2D eigenvalue weighted by molar-refractivity contribution is 5.81. The summed E-state index contributed by atoms with van der Waals surface area (Å²) in [6, 6.07) is 15.9. The van der Waals surface area contributed by atoms with Crippen LogP contribution >= 0.6 is 0 Å². The first-order chi connectivity index (χ1) is 18.2. The number of nitro benzene ring substituents is 1. The molecule has 1 amide bonds. The van der Waals surface area contributed by atoms with Crippen LogP contribution in [0.15, 0.2) is 77.8 Å². The second-order valence-corrected chi connectivity index (χ2v) is 10.1. The number of nitrogens with one attached hydrogen (secondary N) is 1. The Bertz CT molecular complexity index is 1230. The Labute approximate surface area is 222 Å². The molecular formula is C29H34N4O5. The van der Waals surface area contributed by atoms with Crippen LogP contribution in [0, 0.1) is 10.1 Å². The lowest BCUT2D eigenvalue weighted by molar-refractivity contribution is -0.384. The van der Waals surface area contributed by atoms with Crippen molar-refractivity contribution in [1.82, 2.24) is 15.1 Å². The standard InChI is InChI=1S/C29H34N4O5/c1-21-19-26(23-9-11-25(12-10-23)33(37)38)27(22(2)30-21)32(20-34)16-6-15-31-17-13-29(14-18-31,28(35)36)24-7-4-3-5-8-24/h3-5,7-12,19-20,26,30H,6,13-18H2,1-2H3,(H,35,36). The fourth-order valence-corrected chi connectivity index (χ4v) is 5.65. The largest absolute Gasteiger partial charge is 0.481 e. The minimum Gasteiger partial charge on any atom is -0.481 e. The van der Waals surface area contributed by atoms with Gasteiger partial charge in [0.25, 0.3) is 5.69 Å². The first-order valence-electron chi connectivity index (χ1n) is 12.9. The van der Waals surface area contributed by atoms with Gasteiger partial charge in [0.2, 0.25) is 6.41 Å². The molecule has 2 aliphatic heterocycles. The van der Waals surface area contributed by atoms with Gasteiger partial charge in [-0.3, -0.25) is 19.7 Å². The molecular weight excluding hydrogens is 484 g/mol. The van der Waals surface area contributed by atoms with Crippen molar-refractivity contribution in [2.45, 2.75) is 44.4 Å². The Balaban J connectivity index is 1.41. The molecule has 0 spiro atoms. The molecule has 0 bridgehead atoms. The maximum absolute atomic E-state index is 12.2.